The first kappa shape index (κ1) is 67.3. The average Bonchev–Trinajstić information content (AvgIpc) is 3.39. The van der Waals surface area contributed by atoms with Crippen molar-refractivity contribution in [3.05, 3.63) is 36.5 Å². The largest absolute Gasteiger partial charge is 0.394 e. The smallest absolute Gasteiger partial charge is 0.220 e. The lowest BCUT2D eigenvalue weighted by atomic mass is 9.97. The average molecular weight is 1040 g/mol. The van der Waals surface area contributed by atoms with E-state index in [2.05, 4.69) is 43.5 Å². The maximum Gasteiger partial charge on any atom is 0.220 e. The zero-order valence-corrected chi connectivity index (χ0v) is 45.9. The summed E-state index contributed by atoms with van der Waals surface area (Å²) in [6, 6.07) is -0.935. The SMILES string of the molecule is CCCCCCCCCCCCC/C=C/CC/C=C/CC/C=C/C(O)C(COC1OC(CO)C(OC2OC(CO)C(O)C(O)C2O)C(O)C1O)NC(=O)CCCCCCCCCCCCCCCCCCCC. The normalized spacial score (nSPS) is 25.6. The van der Waals surface area contributed by atoms with Gasteiger partial charge in [0.25, 0.3) is 0 Å². The predicted octanol–water partition coefficient (Wildman–Crippen LogP) is 9.83. The number of unbranched alkanes of at least 4 members (excludes halogenated alkanes) is 30. The summed E-state index contributed by atoms with van der Waals surface area (Å²) in [6.45, 7) is 2.79. The minimum absolute atomic E-state index is 0.250. The van der Waals surface area contributed by atoms with Crippen LogP contribution >= 0.6 is 0 Å². The molecule has 73 heavy (non-hydrogen) atoms. The van der Waals surface area contributed by atoms with Crippen LogP contribution in [0.2, 0.25) is 0 Å². The van der Waals surface area contributed by atoms with Crippen molar-refractivity contribution in [2.24, 2.45) is 0 Å². The monoisotopic (exact) mass is 1040 g/mol. The Morgan fingerprint density at radius 1 is 0.479 bits per heavy atom. The van der Waals surface area contributed by atoms with Gasteiger partial charge < -0.3 is 65.1 Å². The Balaban J connectivity index is 1.80. The number of aliphatic hydroxyl groups is 8. The highest BCUT2D eigenvalue weighted by atomic mass is 16.7. The van der Waals surface area contributed by atoms with E-state index in [1.54, 1.807) is 6.08 Å². The van der Waals surface area contributed by atoms with Crippen LogP contribution in [0.5, 0.6) is 0 Å². The van der Waals surface area contributed by atoms with Crippen molar-refractivity contribution in [1.29, 1.82) is 0 Å². The van der Waals surface area contributed by atoms with Gasteiger partial charge in [-0.1, -0.05) is 224 Å². The Bertz CT molecular complexity index is 1370. The van der Waals surface area contributed by atoms with Gasteiger partial charge in [-0.3, -0.25) is 4.79 Å². The molecule has 9 N–H and O–H groups in total. The number of nitrogens with one attached hydrogen (secondary N) is 1. The van der Waals surface area contributed by atoms with Crippen LogP contribution in [-0.2, 0) is 23.7 Å². The summed E-state index contributed by atoms with van der Waals surface area (Å²) >= 11 is 0. The minimum atomic E-state index is -1.79. The summed E-state index contributed by atoms with van der Waals surface area (Å²) in [4.78, 5) is 13.2. The molecule has 1 amide bonds. The predicted molar refractivity (Wildman–Crippen MR) is 291 cm³/mol. The third-order valence-electron chi connectivity index (χ3n) is 14.6. The van der Waals surface area contributed by atoms with Crippen molar-refractivity contribution in [1.82, 2.24) is 5.32 Å². The van der Waals surface area contributed by atoms with E-state index in [9.17, 15) is 45.6 Å². The molecule has 2 heterocycles. The first-order valence-electron chi connectivity index (χ1n) is 29.7. The van der Waals surface area contributed by atoms with Gasteiger partial charge in [0.2, 0.25) is 5.91 Å². The molecule has 0 bridgehead atoms. The number of carbonyl (C=O) groups excluding carboxylic acids is 1. The Morgan fingerprint density at radius 3 is 1.34 bits per heavy atom. The van der Waals surface area contributed by atoms with E-state index in [-0.39, 0.29) is 18.9 Å². The van der Waals surface area contributed by atoms with E-state index >= 15 is 0 Å². The molecular formula is C59H109NO13. The highest BCUT2D eigenvalue weighted by molar-refractivity contribution is 5.76. The Kier molecular flexibility index (Phi) is 41.7. The maximum atomic E-state index is 13.2. The molecule has 0 aliphatic carbocycles. The summed E-state index contributed by atoms with van der Waals surface area (Å²) in [7, 11) is 0. The van der Waals surface area contributed by atoms with Crippen LogP contribution in [0.15, 0.2) is 36.5 Å². The second-order valence-corrected chi connectivity index (χ2v) is 21.1. The number of amides is 1. The summed E-state index contributed by atoms with van der Waals surface area (Å²) < 4.78 is 22.8. The van der Waals surface area contributed by atoms with Crippen molar-refractivity contribution >= 4 is 5.91 Å². The first-order valence-corrected chi connectivity index (χ1v) is 29.7. The van der Waals surface area contributed by atoms with E-state index < -0.39 is 86.8 Å². The van der Waals surface area contributed by atoms with Gasteiger partial charge in [0.1, 0.15) is 48.8 Å². The quantitative estimate of drug-likeness (QED) is 0.0205. The molecule has 2 aliphatic rings. The lowest BCUT2D eigenvalue weighted by Crippen LogP contribution is -2.65. The third kappa shape index (κ3) is 31.3. The number of hydrogen-bond donors (Lipinski definition) is 9. The molecule has 0 aromatic rings. The zero-order valence-electron chi connectivity index (χ0n) is 45.9. The lowest BCUT2D eigenvalue weighted by Gasteiger charge is -2.46. The van der Waals surface area contributed by atoms with Crippen molar-refractivity contribution in [2.75, 3.05) is 19.8 Å². The summed E-state index contributed by atoms with van der Waals surface area (Å²) in [6.07, 6.45) is 37.5. The number of aliphatic hydroxyl groups excluding tert-OH is 8. The van der Waals surface area contributed by atoms with Crippen molar-refractivity contribution in [3.8, 4) is 0 Å². The number of hydrogen-bond acceptors (Lipinski definition) is 13. The van der Waals surface area contributed by atoms with Crippen molar-refractivity contribution in [3.63, 3.8) is 0 Å². The third-order valence-corrected chi connectivity index (χ3v) is 14.6. The Hall–Kier alpha value is -1.79. The van der Waals surface area contributed by atoms with Gasteiger partial charge >= 0.3 is 0 Å². The molecule has 2 rings (SSSR count). The van der Waals surface area contributed by atoms with Crippen LogP contribution in [0.3, 0.4) is 0 Å². The molecule has 2 aliphatic heterocycles. The molecule has 14 nitrogen and oxygen atoms in total. The van der Waals surface area contributed by atoms with Crippen LogP contribution in [0.1, 0.15) is 239 Å². The van der Waals surface area contributed by atoms with Gasteiger partial charge in [-0.2, -0.15) is 0 Å². The van der Waals surface area contributed by atoms with Gasteiger partial charge in [0.15, 0.2) is 12.6 Å². The van der Waals surface area contributed by atoms with E-state index in [1.165, 1.54) is 161 Å². The Morgan fingerprint density at radius 2 is 0.877 bits per heavy atom. The Labute approximate surface area is 442 Å². The van der Waals surface area contributed by atoms with Gasteiger partial charge in [-0.05, 0) is 44.9 Å². The van der Waals surface area contributed by atoms with Crippen LogP contribution in [0.25, 0.3) is 0 Å². The first-order chi connectivity index (χ1) is 35.6. The summed E-state index contributed by atoms with van der Waals surface area (Å²) in [5.74, 6) is -0.250. The number of ether oxygens (including phenoxy) is 4. The maximum absolute atomic E-state index is 13.2. The molecule has 2 fully saturated rings. The second kappa shape index (κ2) is 45.3. The fourth-order valence-corrected chi connectivity index (χ4v) is 9.74. The molecule has 0 saturated carbocycles. The molecule has 2 saturated heterocycles. The van der Waals surface area contributed by atoms with Gasteiger partial charge in [0.05, 0.1) is 32.0 Å². The molecule has 12 unspecified atom stereocenters. The lowest BCUT2D eigenvalue weighted by molar-refractivity contribution is -0.359. The number of allylic oxidation sites excluding steroid dienone is 5. The minimum Gasteiger partial charge on any atom is -0.394 e. The number of rotatable bonds is 47. The summed E-state index contributed by atoms with van der Waals surface area (Å²) in [5, 5.41) is 87.0. The highest BCUT2D eigenvalue weighted by Gasteiger charge is 2.51. The molecule has 428 valence electrons. The van der Waals surface area contributed by atoms with Crippen LogP contribution < -0.4 is 5.32 Å². The standard InChI is InChI=1S/C59H109NO13/c1-3-5-7-9-11-13-15-17-19-21-23-24-25-26-28-30-32-34-36-38-40-42-48(63)47(60-51(64)43-41-39-37-35-33-31-29-27-22-20-18-16-14-12-10-8-6-4-2)46-70-58-56(69)54(67)57(50(45-62)72-58)73-59-55(68)53(66)52(65)49(44-61)71-59/h25-26,32,34,40,42,47-50,52-59,61-63,65-69H,3-24,27-31,33,35-39,41,43-46H2,1-2H3,(H,60,64)/b26-25+,34-32+,42-40+. The highest BCUT2D eigenvalue weighted by Crippen LogP contribution is 2.30. The second-order valence-electron chi connectivity index (χ2n) is 21.1. The van der Waals surface area contributed by atoms with Crippen molar-refractivity contribution in [2.45, 2.75) is 312 Å². The molecule has 0 aromatic carbocycles. The topological polar surface area (TPSA) is 228 Å². The fourth-order valence-electron chi connectivity index (χ4n) is 9.74. The molecule has 12 atom stereocenters. The van der Waals surface area contributed by atoms with Crippen molar-refractivity contribution < 1.29 is 64.6 Å². The van der Waals surface area contributed by atoms with E-state index in [4.69, 9.17) is 18.9 Å². The molecule has 0 aromatic heterocycles. The van der Waals surface area contributed by atoms with E-state index in [0.29, 0.717) is 12.8 Å². The fraction of sp³-hybridized carbons (Fsp3) is 0.881. The van der Waals surface area contributed by atoms with E-state index in [1.807, 2.05) is 6.08 Å². The summed E-state index contributed by atoms with van der Waals surface area (Å²) in [5.41, 5.74) is 0. The van der Waals surface area contributed by atoms with Gasteiger partial charge in [-0.15, -0.1) is 0 Å². The van der Waals surface area contributed by atoms with Crippen LogP contribution in [-0.4, -0.2) is 140 Å². The molecule has 14 heteroatoms. The molecule has 0 radical (unpaired) electrons. The van der Waals surface area contributed by atoms with Gasteiger partial charge in [0, 0.05) is 6.42 Å². The number of carbonyl (C=O) groups is 1. The van der Waals surface area contributed by atoms with Crippen LogP contribution in [0, 0.1) is 0 Å². The van der Waals surface area contributed by atoms with Crippen LogP contribution in [0.4, 0.5) is 0 Å². The zero-order chi connectivity index (χ0) is 53.2. The van der Waals surface area contributed by atoms with Gasteiger partial charge in [-0.25, -0.2) is 0 Å². The molecular weight excluding hydrogens is 931 g/mol. The van der Waals surface area contributed by atoms with E-state index in [0.717, 1.165) is 44.9 Å². The molecule has 0 spiro atoms.